The Balaban J connectivity index is 2.07. The van der Waals surface area contributed by atoms with E-state index in [1.807, 2.05) is 6.92 Å². The van der Waals surface area contributed by atoms with E-state index >= 15 is 0 Å². The van der Waals surface area contributed by atoms with Gasteiger partial charge in [-0.05, 0) is 35.6 Å². The quantitative estimate of drug-likeness (QED) is 0.743. The SMILES string of the molecule is COCCN(Cc1cccn1Cc1ccc(C(C)(C)C)cc1)C[C@@H](C)O. The molecule has 4 heteroatoms. The zero-order valence-corrected chi connectivity index (χ0v) is 16.9. The summed E-state index contributed by atoms with van der Waals surface area (Å²) >= 11 is 0. The van der Waals surface area contributed by atoms with Gasteiger partial charge in [0, 0.05) is 45.2 Å². The van der Waals surface area contributed by atoms with Crippen LogP contribution in [0.25, 0.3) is 0 Å². The molecule has 1 heterocycles. The van der Waals surface area contributed by atoms with Gasteiger partial charge in [-0.15, -0.1) is 0 Å². The highest BCUT2D eigenvalue weighted by Gasteiger charge is 2.14. The molecule has 4 nitrogen and oxygen atoms in total. The van der Waals surface area contributed by atoms with Crippen LogP contribution >= 0.6 is 0 Å². The maximum atomic E-state index is 9.76. The summed E-state index contributed by atoms with van der Waals surface area (Å²) in [5.41, 5.74) is 4.09. The van der Waals surface area contributed by atoms with Crippen LogP contribution in [-0.2, 0) is 23.2 Å². The van der Waals surface area contributed by atoms with Gasteiger partial charge in [0.25, 0.3) is 0 Å². The lowest BCUT2D eigenvalue weighted by atomic mass is 9.87. The minimum atomic E-state index is -0.347. The van der Waals surface area contributed by atoms with E-state index in [9.17, 15) is 5.11 Å². The smallest absolute Gasteiger partial charge is 0.0639 e. The molecular formula is C22H34N2O2. The number of rotatable bonds is 9. The lowest BCUT2D eigenvalue weighted by Crippen LogP contribution is -2.34. The summed E-state index contributed by atoms with van der Waals surface area (Å²) < 4.78 is 7.49. The molecule has 0 unspecified atom stereocenters. The molecule has 1 atom stereocenters. The van der Waals surface area contributed by atoms with Crippen molar-refractivity contribution >= 4 is 0 Å². The minimum absolute atomic E-state index is 0.181. The van der Waals surface area contributed by atoms with Crippen LogP contribution in [-0.4, -0.2) is 47.5 Å². The second-order valence-corrected chi connectivity index (χ2v) is 8.15. The minimum Gasteiger partial charge on any atom is -0.392 e. The molecule has 0 bridgehead atoms. The lowest BCUT2D eigenvalue weighted by Gasteiger charge is -2.24. The van der Waals surface area contributed by atoms with Gasteiger partial charge < -0.3 is 14.4 Å². The molecule has 0 fully saturated rings. The van der Waals surface area contributed by atoms with Crippen LogP contribution in [0.15, 0.2) is 42.6 Å². The largest absolute Gasteiger partial charge is 0.392 e. The fourth-order valence-electron chi connectivity index (χ4n) is 3.11. The first-order chi connectivity index (χ1) is 12.3. The number of aromatic nitrogens is 1. The Kier molecular flexibility index (Phi) is 7.44. The van der Waals surface area contributed by atoms with Gasteiger partial charge in [-0.3, -0.25) is 4.90 Å². The van der Waals surface area contributed by atoms with Crippen LogP contribution in [0.2, 0.25) is 0 Å². The van der Waals surface area contributed by atoms with E-state index in [0.29, 0.717) is 13.2 Å². The van der Waals surface area contributed by atoms with Gasteiger partial charge in [0.05, 0.1) is 12.7 Å². The van der Waals surface area contributed by atoms with Crippen molar-refractivity contribution in [1.29, 1.82) is 0 Å². The highest BCUT2D eigenvalue weighted by molar-refractivity contribution is 5.28. The standard InChI is InChI=1S/C22H34N2O2/c1-18(25)15-23(13-14-26-5)17-21-7-6-12-24(21)16-19-8-10-20(11-9-19)22(2,3)4/h6-12,18,25H,13-17H2,1-5H3/t18-/m1/s1. The third-order valence-corrected chi connectivity index (χ3v) is 4.62. The number of hydrogen-bond donors (Lipinski definition) is 1. The van der Waals surface area contributed by atoms with Crippen LogP contribution in [0.1, 0.15) is 44.5 Å². The van der Waals surface area contributed by atoms with E-state index in [-0.39, 0.29) is 11.5 Å². The molecular weight excluding hydrogens is 324 g/mol. The molecule has 0 aliphatic heterocycles. The van der Waals surface area contributed by atoms with Crippen molar-refractivity contribution in [3.05, 3.63) is 59.4 Å². The van der Waals surface area contributed by atoms with Gasteiger partial charge in [0.1, 0.15) is 0 Å². The van der Waals surface area contributed by atoms with Crippen molar-refractivity contribution < 1.29 is 9.84 Å². The zero-order valence-electron chi connectivity index (χ0n) is 16.9. The van der Waals surface area contributed by atoms with Crippen LogP contribution in [0.4, 0.5) is 0 Å². The molecule has 0 saturated heterocycles. The molecule has 0 aliphatic rings. The zero-order chi connectivity index (χ0) is 19.2. The normalized spacial score (nSPS) is 13.3. The van der Waals surface area contributed by atoms with E-state index in [0.717, 1.165) is 19.6 Å². The number of ether oxygens (including phenoxy) is 1. The Labute approximate surface area is 158 Å². The molecule has 0 aliphatic carbocycles. The number of nitrogens with zero attached hydrogens (tertiary/aromatic N) is 2. The van der Waals surface area contributed by atoms with Gasteiger partial charge in [-0.25, -0.2) is 0 Å². The highest BCUT2D eigenvalue weighted by Crippen LogP contribution is 2.22. The van der Waals surface area contributed by atoms with E-state index in [1.54, 1.807) is 7.11 Å². The van der Waals surface area contributed by atoms with E-state index < -0.39 is 0 Å². The van der Waals surface area contributed by atoms with Crippen molar-refractivity contribution in [2.24, 2.45) is 0 Å². The number of methoxy groups -OCH3 is 1. The number of benzene rings is 1. The lowest BCUT2D eigenvalue weighted by molar-refractivity contribution is 0.0926. The molecule has 0 amide bonds. The van der Waals surface area contributed by atoms with Crippen molar-refractivity contribution in [1.82, 2.24) is 9.47 Å². The van der Waals surface area contributed by atoms with Gasteiger partial charge in [0.2, 0.25) is 0 Å². The number of aliphatic hydroxyl groups is 1. The second-order valence-electron chi connectivity index (χ2n) is 8.15. The summed E-state index contributed by atoms with van der Waals surface area (Å²) in [6.07, 6.45) is 1.78. The van der Waals surface area contributed by atoms with Gasteiger partial charge in [-0.1, -0.05) is 45.0 Å². The summed E-state index contributed by atoms with van der Waals surface area (Å²) in [5, 5.41) is 9.76. The molecule has 0 spiro atoms. The van der Waals surface area contributed by atoms with Crippen molar-refractivity contribution in [3.8, 4) is 0 Å². The Morgan fingerprint density at radius 2 is 1.85 bits per heavy atom. The Bertz CT molecular complexity index is 654. The molecule has 26 heavy (non-hydrogen) atoms. The molecule has 0 saturated carbocycles. The summed E-state index contributed by atoms with van der Waals surface area (Å²) in [7, 11) is 1.71. The topological polar surface area (TPSA) is 37.6 Å². The van der Waals surface area contributed by atoms with Crippen molar-refractivity contribution in [3.63, 3.8) is 0 Å². The van der Waals surface area contributed by atoms with Gasteiger partial charge >= 0.3 is 0 Å². The molecule has 2 rings (SSSR count). The first kappa shape index (κ1) is 20.7. The maximum absolute atomic E-state index is 9.76. The number of hydrogen-bond acceptors (Lipinski definition) is 3. The second kappa shape index (κ2) is 9.36. The Morgan fingerprint density at radius 1 is 1.15 bits per heavy atom. The molecule has 2 aromatic rings. The molecule has 144 valence electrons. The van der Waals surface area contributed by atoms with Crippen LogP contribution in [0.3, 0.4) is 0 Å². The molecule has 1 aromatic heterocycles. The van der Waals surface area contributed by atoms with Crippen LogP contribution < -0.4 is 0 Å². The summed E-state index contributed by atoms with van der Waals surface area (Å²) in [5.74, 6) is 0. The Hall–Kier alpha value is -1.62. The highest BCUT2D eigenvalue weighted by atomic mass is 16.5. The van der Waals surface area contributed by atoms with Crippen molar-refractivity contribution in [2.45, 2.75) is 52.3 Å². The maximum Gasteiger partial charge on any atom is 0.0639 e. The van der Waals surface area contributed by atoms with Crippen LogP contribution in [0, 0.1) is 0 Å². The van der Waals surface area contributed by atoms with E-state index in [1.165, 1.54) is 16.8 Å². The van der Waals surface area contributed by atoms with E-state index in [2.05, 4.69) is 72.8 Å². The third-order valence-electron chi connectivity index (χ3n) is 4.62. The fraction of sp³-hybridized carbons (Fsp3) is 0.545. The average Bonchev–Trinajstić information content (AvgIpc) is 2.98. The third kappa shape index (κ3) is 6.27. The average molecular weight is 359 g/mol. The van der Waals surface area contributed by atoms with E-state index in [4.69, 9.17) is 4.74 Å². The number of aliphatic hydroxyl groups excluding tert-OH is 1. The van der Waals surface area contributed by atoms with Crippen molar-refractivity contribution in [2.75, 3.05) is 26.8 Å². The molecule has 0 radical (unpaired) electrons. The van der Waals surface area contributed by atoms with Gasteiger partial charge in [0.15, 0.2) is 0 Å². The Morgan fingerprint density at radius 3 is 2.42 bits per heavy atom. The summed E-state index contributed by atoms with van der Waals surface area (Å²) in [6, 6.07) is 13.2. The predicted molar refractivity (Wildman–Crippen MR) is 108 cm³/mol. The van der Waals surface area contributed by atoms with Crippen LogP contribution in [0.5, 0.6) is 0 Å². The first-order valence-corrected chi connectivity index (χ1v) is 9.42. The van der Waals surface area contributed by atoms with Gasteiger partial charge in [-0.2, -0.15) is 0 Å². The first-order valence-electron chi connectivity index (χ1n) is 9.42. The fourth-order valence-corrected chi connectivity index (χ4v) is 3.11. The predicted octanol–water partition coefficient (Wildman–Crippen LogP) is 3.66. The monoisotopic (exact) mass is 358 g/mol. The summed E-state index contributed by atoms with van der Waals surface area (Å²) in [6.45, 7) is 12.3. The summed E-state index contributed by atoms with van der Waals surface area (Å²) in [4.78, 5) is 2.24. The molecule has 1 aromatic carbocycles. The molecule has 1 N–H and O–H groups in total.